The van der Waals surface area contributed by atoms with Crippen LogP contribution < -0.4 is 9.47 Å². The van der Waals surface area contributed by atoms with Crippen LogP contribution in [-0.2, 0) is 27.4 Å². The summed E-state index contributed by atoms with van der Waals surface area (Å²) in [6, 6.07) is 5.05. The van der Waals surface area contributed by atoms with Gasteiger partial charge in [-0.2, -0.15) is 0 Å². The van der Waals surface area contributed by atoms with Crippen molar-refractivity contribution >= 4 is 11.9 Å². The highest BCUT2D eigenvalue weighted by molar-refractivity contribution is 5.93. The zero-order chi connectivity index (χ0) is 39.6. The van der Waals surface area contributed by atoms with E-state index >= 15 is 0 Å². The Balaban J connectivity index is 1.01. The average Bonchev–Trinajstić information content (AvgIpc) is 3.62. The summed E-state index contributed by atoms with van der Waals surface area (Å²) in [5.74, 6) is 2.42. The number of hydrogen-bond donors (Lipinski definition) is 1. The molecular weight excluding hydrogens is 695 g/mol. The first kappa shape index (κ1) is 39.8. The lowest BCUT2D eigenvalue weighted by molar-refractivity contribution is -0.207. The summed E-state index contributed by atoms with van der Waals surface area (Å²) in [5.41, 5.74) is 2.15. The maximum absolute atomic E-state index is 14.5. The van der Waals surface area contributed by atoms with Gasteiger partial charge in [0.15, 0.2) is 11.5 Å². The monoisotopic (exact) mass is 759 g/mol. The lowest BCUT2D eigenvalue weighted by Gasteiger charge is -2.71. The van der Waals surface area contributed by atoms with Crippen LogP contribution in [0, 0.1) is 56.7 Å². The number of rotatable bonds is 10. The van der Waals surface area contributed by atoms with Gasteiger partial charge in [-0.15, -0.1) is 5.10 Å². The first-order chi connectivity index (χ1) is 26.1. The summed E-state index contributed by atoms with van der Waals surface area (Å²) >= 11 is 0. The van der Waals surface area contributed by atoms with Gasteiger partial charge in [0, 0.05) is 13.0 Å². The summed E-state index contributed by atoms with van der Waals surface area (Å²) in [6.45, 7) is 17.9. The Morgan fingerprint density at radius 2 is 1.71 bits per heavy atom. The smallest absolute Gasteiger partial charge is 0.342 e. The number of carbonyl (C=O) groups is 2. The van der Waals surface area contributed by atoms with Crippen molar-refractivity contribution in [2.75, 3.05) is 20.8 Å². The van der Waals surface area contributed by atoms with Crippen molar-refractivity contribution in [2.45, 2.75) is 132 Å². The molecule has 0 spiro atoms. The minimum absolute atomic E-state index is 0.0238. The number of hydrogen-bond acceptors (Lipinski definition) is 9. The number of aliphatic hydroxyl groups excluding tert-OH is 1. The standard InChI is InChI=1S/C45H65N3O7/c1-28-16-21-45(40(51)54-25-11-24-48-26-30(46-47-48)27-55-39(50)31-12-10-13-33(52-8)38(31)53-9)23-22-43(6)32(37(45)29(28)2)14-15-35-42(5)19-18-36(49)41(3,4)34(42)17-20-44(35,43)7/h10,12-14,26,28-29,34-37,49H,11,15-25,27H2,1-9H3/t28-,29+,34?,35-,36+,37+,42+,43-,44-,45+/m1/s1. The molecule has 1 aromatic carbocycles. The van der Waals surface area contributed by atoms with E-state index in [1.807, 2.05) is 0 Å². The quantitative estimate of drug-likeness (QED) is 0.144. The van der Waals surface area contributed by atoms with Crippen molar-refractivity contribution < 1.29 is 33.6 Å². The van der Waals surface area contributed by atoms with E-state index in [1.54, 1.807) is 34.7 Å². The van der Waals surface area contributed by atoms with Crippen LogP contribution in [0.4, 0.5) is 0 Å². The fraction of sp³-hybridized carbons (Fsp3) is 0.733. The average molecular weight is 760 g/mol. The molecule has 1 unspecified atom stereocenters. The van der Waals surface area contributed by atoms with Gasteiger partial charge in [-0.3, -0.25) is 9.48 Å². The molecule has 0 aliphatic heterocycles. The first-order valence-corrected chi connectivity index (χ1v) is 20.9. The topological polar surface area (TPSA) is 122 Å². The minimum atomic E-state index is -0.544. The van der Waals surface area contributed by atoms with E-state index in [1.165, 1.54) is 20.6 Å². The van der Waals surface area contributed by atoms with Gasteiger partial charge in [0.25, 0.3) is 0 Å². The molecule has 1 aromatic heterocycles. The van der Waals surface area contributed by atoms with E-state index < -0.39 is 11.4 Å². The molecule has 0 bridgehead atoms. The van der Waals surface area contributed by atoms with Crippen molar-refractivity contribution in [3.05, 3.63) is 47.3 Å². The second-order valence-electron chi connectivity index (χ2n) is 19.3. The molecule has 7 rings (SSSR count). The summed E-state index contributed by atoms with van der Waals surface area (Å²) < 4.78 is 24.1. The highest BCUT2D eigenvalue weighted by Crippen LogP contribution is 2.75. The summed E-state index contributed by atoms with van der Waals surface area (Å²) in [4.78, 5) is 27.3. The van der Waals surface area contributed by atoms with Gasteiger partial charge in [-0.05, 0) is 121 Å². The second kappa shape index (κ2) is 14.5. The lowest BCUT2D eigenvalue weighted by Crippen LogP contribution is -2.65. The molecule has 1 N–H and O–H groups in total. The van der Waals surface area contributed by atoms with Crippen molar-refractivity contribution in [3.63, 3.8) is 0 Å². The molecule has 5 aliphatic carbocycles. The third kappa shape index (κ3) is 6.22. The Morgan fingerprint density at radius 1 is 0.927 bits per heavy atom. The first-order valence-electron chi connectivity index (χ1n) is 20.9. The number of methoxy groups -OCH3 is 2. The van der Waals surface area contributed by atoms with E-state index in [9.17, 15) is 14.7 Å². The molecule has 0 saturated heterocycles. The molecule has 10 nitrogen and oxygen atoms in total. The van der Waals surface area contributed by atoms with E-state index in [0.717, 1.165) is 51.4 Å². The van der Waals surface area contributed by atoms with Crippen LogP contribution in [0.2, 0.25) is 0 Å². The molecule has 5 aliphatic rings. The second-order valence-corrected chi connectivity index (χ2v) is 19.3. The number of carbonyl (C=O) groups excluding carboxylic acids is 2. The van der Waals surface area contributed by atoms with Crippen molar-refractivity contribution in [1.29, 1.82) is 0 Å². The Morgan fingerprint density at radius 3 is 2.45 bits per heavy atom. The predicted octanol–water partition coefficient (Wildman–Crippen LogP) is 8.60. The number of para-hydroxylation sites is 1. The van der Waals surface area contributed by atoms with Gasteiger partial charge in [0.05, 0.1) is 38.5 Å². The Bertz CT molecular complexity index is 1800. The zero-order valence-corrected chi connectivity index (χ0v) is 34.8. The molecule has 4 saturated carbocycles. The third-order valence-corrected chi connectivity index (χ3v) is 16.7. The Kier molecular flexibility index (Phi) is 10.5. The normalized spacial score (nSPS) is 37.6. The summed E-state index contributed by atoms with van der Waals surface area (Å²) in [7, 11) is 3.00. The zero-order valence-electron chi connectivity index (χ0n) is 34.8. The Labute approximate surface area is 328 Å². The number of aromatic nitrogens is 3. The van der Waals surface area contributed by atoms with Gasteiger partial charge in [0.2, 0.25) is 0 Å². The van der Waals surface area contributed by atoms with Crippen LogP contribution in [0.25, 0.3) is 0 Å². The third-order valence-electron chi connectivity index (χ3n) is 16.7. The highest BCUT2D eigenvalue weighted by Gasteiger charge is 2.69. The lowest BCUT2D eigenvalue weighted by atomic mass is 9.33. The molecular formula is C45H65N3O7. The molecule has 0 amide bonds. The van der Waals surface area contributed by atoms with E-state index in [2.05, 4.69) is 64.9 Å². The molecule has 10 atom stereocenters. The van der Waals surface area contributed by atoms with Crippen LogP contribution in [0.15, 0.2) is 36.0 Å². The Hall–Kier alpha value is -3.40. The maximum Gasteiger partial charge on any atom is 0.342 e. The minimum Gasteiger partial charge on any atom is -0.493 e. The maximum atomic E-state index is 14.5. The van der Waals surface area contributed by atoms with Crippen molar-refractivity contribution in [1.82, 2.24) is 15.0 Å². The SMILES string of the molecule is COc1cccc(C(=O)OCc2cn(CCCOC(=O)[C@]34CC[C@@H](C)[C@H](C)[C@H]3C3=CC[C@@H]5[C@@]6(C)CC[C@H](O)C(C)(C)C6CC[C@@]5(C)[C@]3(C)CC4)nn2)c1OC. The van der Waals surface area contributed by atoms with Gasteiger partial charge in [0.1, 0.15) is 17.9 Å². The number of ether oxygens (including phenoxy) is 4. The molecule has 55 heavy (non-hydrogen) atoms. The van der Waals surface area contributed by atoms with Crippen molar-refractivity contribution in [3.8, 4) is 11.5 Å². The molecule has 10 heteroatoms. The number of allylic oxidation sites excluding steroid dienone is 2. The molecule has 4 fully saturated rings. The van der Waals surface area contributed by atoms with Crippen LogP contribution >= 0.6 is 0 Å². The molecule has 2 aromatic rings. The molecule has 1 heterocycles. The van der Waals surface area contributed by atoms with Crippen LogP contribution in [0.3, 0.4) is 0 Å². The fourth-order valence-corrected chi connectivity index (χ4v) is 13.1. The number of aliphatic hydroxyl groups is 1. The van der Waals surface area contributed by atoms with Gasteiger partial charge in [-0.1, -0.05) is 71.4 Å². The van der Waals surface area contributed by atoms with E-state index in [0.29, 0.717) is 60.4 Å². The van der Waals surface area contributed by atoms with Crippen LogP contribution in [-0.4, -0.2) is 59.0 Å². The number of aryl methyl sites for hydroxylation is 1. The van der Waals surface area contributed by atoms with E-state index in [-0.39, 0.29) is 51.8 Å². The number of esters is 2. The number of nitrogens with zero attached hydrogens (tertiary/aromatic N) is 3. The molecule has 302 valence electrons. The number of fused-ring (bicyclic) bond motifs is 7. The molecule has 0 radical (unpaired) electrons. The number of benzene rings is 1. The van der Waals surface area contributed by atoms with Crippen molar-refractivity contribution in [2.24, 2.45) is 56.7 Å². The summed E-state index contributed by atoms with van der Waals surface area (Å²) in [5, 5.41) is 19.5. The largest absolute Gasteiger partial charge is 0.493 e. The van der Waals surface area contributed by atoms with Crippen LogP contribution in [0.1, 0.15) is 129 Å². The summed E-state index contributed by atoms with van der Waals surface area (Å²) in [6.07, 6.45) is 14.0. The van der Waals surface area contributed by atoms with Gasteiger partial charge >= 0.3 is 11.9 Å². The predicted molar refractivity (Wildman–Crippen MR) is 209 cm³/mol. The van der Waals surface area contributed by atoms with Gasteiger partial charge in [-0.25, -0.2) is 4.79 Å². The fourth-order valence-electron chi connectivity index (χ4n) is 13.1. The van der Waals surface area contributed by atoms with Crippen LogP contribution in [0.5, 0.6) is 11.5 Å². The van der Waals surface area contributed by atoms with Gasteiger partial charge < -0.3 is 24.1 Å². The van der Waals surface area contributed by atoms with E-state index in [4.69, 9.17) is 18.9 Å². The highest BCUT2D eigenvalue weighted by atomic mass is 16.5.